The standard InChI is InChI=1S/C31H30ClN3O2/c1-21-12-13-27-25(18-21)31(14-16-34(17-15-31)19-23-8-4-3-5-9-23)20-35(27)30(36)28-22(2)37-33-29(28)24-10-6-7-11-26(24)32/h3-13,18H,14-17,19-20H2,1-2H3. The molecular formula is C31H30ClN3O2. The molecule has 0 aliphatic carbocycles. The van der Waals surface area contributed by atoms with Crippen molar-refractivity contribution in [1.29, 1.82) is 0 Å². The van der Waals surface area contributed by atoms with Gasteiger partial charge in [0, 0.05) is 29.8 Å². The smallest absolute Gasteiger partial charge is 0.264 e. The first-order valence-electron chi connectivity index (χ1n) is 12.9. The molecule has 0 bridgehead atoms. The van der Waals surface area contributed by atoms with Gasteiger partial charge in [-0.15, -0.1) is 0 Å². The molecule has 3 aromatic carbocycles. The molecule has 1 saturated heterocycles. The number of nitrogens with zero attached hydrogens (tertiary/aromatic N) is 3. The Kier molecular flexibility index (Phi) is 6.13. The van der Waals surface area contributed by atoms with E-state index in [0.717, 1.165) is 38.2 Å². The van der Waals surface area contributed by atoms with E-state index in [0.29, 0.717) is 34.1 Å². The molecule has 1 fully saturated rings. The summed E-state index contributed by atoms with van der Waals surface area (Å²) in [7, 11) is 0. The van der Waals surface area contributed by atoms with Gasteiger partial charge in [0.2, 0.25) is 0 Å². The van der Waals surface area contributed by atoms with Gasteiger partial charge in [-0.05, 0) is 63.0 Å². The van der Waals surface area contributed by atoms with Crippen LogP contribution >= 0.6 is 11.6 Å². The summed E-state index contributed by atoms with van der Waals surface area (Å²) < 4.78 is 5.54. The van der Waals surface area contributed by atoms with Gasteiger partial charge < -0.3 is 9.42 Å². The third-order valence-electron chi connectivity index (χ3n) is 7.99. The molecule has 3 heterocycles. The molecular weight excluding hydrogens is 482 g/mol. The molecule has 0 unspecified atom stereocenters. The predicted octanol–water partition coefficient (Wildman–Crippen LogP) is 6.81. The second kappa shape index (κ2) is 9.47. The summed E-state index contributed by atoms with van der Waals surface area (Å²) in [5, 5.41) is 4.80. The predicted molar refractivity (Wildman–Crippen MR) is 147 cm³/mol. The number of amides is 1. The molecule has 2 aliphatic rings. The summed E-state index contributed by atoms with van der Waals surface area (Å²) in [4.78, 5) is 18.7. The quantitative estimate of drug-likeness (QED) is 0.302. The zero-order chi connectivity index (χ0) is 25.6. The summed E-state index contributed by atoms with van der Waals surface area (Å²) in [6.07, 6.45) is 2.03. The van der Waals surface area contributed by atoms with Crippen molar-refractivity contribution in [2.75, 3.05) is 24.5 Å². The number of carbonyl (C=O) groups is 1. The highest BCUT2D eigenvalue weighted by Crippen LogP contribution is 2.48. The van der Waals surface area contributed by atoms with Crippen LogP contribution in [-0.2, 0) is 12.0 Å². The summed E-state index contributed by atoms with van der Waals surface area (Å²) in [5.74, 6) is 0.426. The average molecular weight is 512 g/mol. The van der Waals surface area contributed by atoms with Crippen LogP contribution in [0.15, 0.2) is 77.3 Å². The van der Waals surface area contributed by atoms with Crippen LogP contribution in [0.2, 0.25) is 5.02 Å². The van der Waals surface area contributed by atoms with E-state index < -0.39 is 0 Å². The van der Waals surface area contributed by atoms with E-state index in [1.54, 1.807) is 13.0 Å². The van der Waals surface area contributed by atoms with Crippen molar-refractivity contribution in [3.63, 3.8) is 0 Å². The Labute approximate surface area is 222 Å². The van der Waals surface area contributed by atoms with Gasteiger partial charge in [-0.2, -0.15) is 0 Å². The zero-order valence-electron chi connectivity index (χ0n) is 21.2. The molecule has 6 heteroatoms. The van der Waals surface area contributed by atoms with Crippen LogP contribution in [-0.4, -0.2) is 35.6 Å². The SMILES string of the molecule is Cc1ccc2c(c1)C1(CCN(Cc3ccccc3)CC1)CN2C(=O)c1c(-c2ccccc2Cl)noc1C. The highest BCUT2D eigenvalue weighted by Gasteiger charge is 2.47. The van der Waals surface area contributed by atoms with Crippen molar-refractivity contribution in [1.82, 2.24) is 10.1 Å². The molecule has 1 aromatic heterocycles. The van der Waals surface area contributed by atoms with Crippen molar-refractivity contribution in [2.24, 2.45) is 0 Å². The van der Waals surface area contributed by atoms with Crippen molar-refractivity contribution < 1.29 is 9.32 Å². The Morgan fingerprint density at radius 3 is 2.49 bits per heavy atom. The maximum Gasteiger partial charge on any atom is 0.264 e. The molecule has 0 N–H and O–H groups in total. The molecule has 5 nitrogen and oxygen atoms in total. The molecule has 37 heavy (non-hydrogen) atoms. The van der Waals surface area contributed by atoms with Crippen molar-refractivity contribution in [3.8, 4) is 11.3 Å². The number of hydrogen-bond donors (Lipinski definition) is 0. The highest BCUT2D eigenvalue weighted by molar-refractivity contribution is 6.33. The second-order valence-electron chi connectivity index (χ2n) is 10.4. The number of hydrogen-bond acceptors (Lipinski definition) is 4. The molecule has 188 valence electrons. The van der Waals surface area contributed by atoms with E-state index in [-0.39, 0.29) is 11.3 Å². The molecule has 4 aromatic rings. The Hall–Kier alpha value is -3.41. The van der Waals surface area contributed by atoms with Gasteiger partial charge in [-0.25, -0.2) is 0 Å². The van der Waals surface area contributed by atoms with Gasteiger partial charge in [0.25, 0.3) is 5.91 Å². The van der Waals surface area contributed by atoms with Gasteiger partial charge in [0.1, 0.15) is 17.0 Å². The van der Waals surface area contributed by atoms with E-state index in [9.17, 15) is 4.79 Å². The van der Waals surface area contributed by atoms with Crippen LogP contribution in [0.25, 0.3) is 11.3 Å². The Balaban J connectivity index is 1.31. The first kappa shape index (κ1) is 24.0. The fourth-order valence-electron chi connectivity index (χ4n) is 5.97. The lowest BCUT2D eigenvalue weighted by Crippen LogP contribution is -2.45. The van der Waals surface area contributed by atoms with E-state index in [4.69, 9.17) is 16.1 Å². The zero-order valence-corrected chi connectivity index (χ0v) is 22.0. The van der Waals surface area contributed by atoms with Gasteiger partial charge in [0.15, 0.2) is 0 Å². The number of carbonyl (C=O) groups excluding carboxylic acids is 1. The number of piperidine rings is 1. The fourth-order valence-corrected chi connectivity index (χ4v) is 6.19. The lowest BCUT2D eigenvalue weighted by atomic mass is 9.74. The minimum absolute atomic E-state index is 0.0557. The number of rotatable bonds is 4. The maximum atomic E-state index is 14.2. The van der Waals surface area contributed by atoms with Crippen LogP contribution in [0.3, 0.4) is 0 Å². The molecule has 1 amide bonds. The lowest BCUT2D eigenvalue weighted by molar-refractivity contribution is 0.0974. The average Bonchev–Trinajstić information content (AvgIpc) is 3.44. The molecule has 2 aliphatic heterocycles. The van der Waals surface area contributed by atoms with E-state index >= 15 is 0 Å². The Bertz CT molecular complexity index is 1450. The third kappa shape index (κ3) is 4.26. The molecule has 6 rings (SSSR count). The number of halogens is 1. The Morgan fingerprint density at radius 1 is 1.00 bits per heavy atom. The van der Waals surface area contributed by atoms with Crippen LogP contribution in [0.5, 0.6) is 0 Å². The number of fused-ring (bicyclic) bond motifs is 2. The second-order valence-corrected chi connectivity index (χ2v) is 10.8. The van der Waals surface area contributed by atoms with Gasteiger partial charge in [-0.1, -0.05) is 83.0 Å². The van der Waals surface area contributed by atoms with Crippen molar-refractivity contribution >= 4 is 23.2 Å². The van der Waals surface area contributed by atoms with Crippen LogP contribution in [0.1, 0.15) is 45.7 Å². The molecule has 0 atom stereocenters. The largest absolute Gasteiger partial charge is 0.360 e. The van der Waals surface area contributed by atoms with E-state index in [2.05, 4.69) is 65.5 Å². The molecule has 0 radical (unpaired) electrons. The fraction of sp³-hybridized carbons (Fsp3) is 0.290. The van der Waals surface area contributed by atoms with E-state index in [1.807, 2.05) is 23.1 Å². The Morgan fingerprint density at radius 2 is 1.73 bits per heavy atom. The summed E-state index contributed by atoms with van der Waals surface area (Å²) >= 11 is 6.48. The minimum Gasteiger partial charge on any atom is -0.360 e. The van der Waals surface area contributed by atoms with Crippen LogP contribution in [0, 0.1) is 13.8 Å². The van der Waals surface area contributed by atoms with Crippen LogP contribution in [0.4, 0.5) is 5.69 Å². The van der Waals surface area contributed by atoms with Crippen molar-refractivity contribution in [3.05, 3.63) is 106 Å². The van der Waals surface area contributed by atoms with Gasteiger partial charge in [-0.3, -0.25) is 9.69 Å². The van der Waals surface area contributed by atoms with E-state index in [1.165, 1.54) is 16.7 Å². The number of benzene rings is 3. The van der Waals surface area contributed by atoms with Gasteiger partial charge >= 0.3 is 0 Å². The minimum atomic E-state index is -0.0811. The van der Waals surface area contributed by atoms with Gasteiger partial charge in [0.05, 0.1) is 5.02 Å². The van der Waals surface area contributed by atoms with Crippen molar-refractivity contribution in [2.45, 2.75) is 38.6 Å². The summed E-state index contributed by atoms with van der Waals surface area (Å²) in [5.41, 5.74) is 6.48. The lowest BCUT2D eigenvalue weighted by Gasteiger charge is -2.40. The third-order valence-corrected chi connectivity index (χ3v) is 8.32. The van der Waals surface area contributed by atoms with Crippen LogP contribution < -0.4 is 4.90 Å². The number of anilines is 1. The first-order chi connectivity index (χ1) is 17.9. The topological polar surface area (TPSA) is 49.6 Å². The number of likely N-dealkylation sites (tertiary alicyclic amines) is 1. The molecule has 1 spiro atoms. The summed E-state index contributed by atoms with van der Waals surface area (Å²) in [6, 6.07) is 24.6. The normalized spacial score (nSPS) is 16.8. The highest BCUT2D eigenvalue weighted by atomic mass is 35.5. The summed E-state index contributed by atoms with van der Waals surface area (Å²) in [6.45, 7) is 7.55. The monoisotopic (exact) mass is 511 g/mol. The number of aryl methyl sites for hydroxylation is 2. The maximum absolute atomic E-state index is 14.2. The first-order valence-corrected chi connectivity index (χ1v) is 13.2. The number of aromatic nitrogens is 1. The molecule has 0 saturated carbocycles.